The third-order valence-electron chi connectivity index (χ3n) is 5.47. The van der Waals surface area contributed by atoms with Crippen LogP contribution in [0.15, 0.2) is 9.98 Å². The molecule has 0 rings (SSSR count). The molecule has 37 heavy (non-hydrogen) atoms. The number of guanidine groups is 2. The van der Waals surface area contributed by atoms with E-state index in [1.807, 2.05) is 0 Å². The zero-order valence-electron chi connectivity index (χ0n) is 21.4. The van der Waals surface area contributed by atoms with Gasteiger partial charge in [0.05, 0.1) is 12.6 Å². The van der Waals surface area contributed by atoms with Gasteiger partial charge in [0.15, 0.2) is 11.9 Å². The van der Waals surface area contributed by atoms with Crippen LogP contribution in [0, 0.1) is 5.92 Å². The number of hydrogen-bond donors (Lipinski definition) is 10. The van der Waals surface area contributed by atoms with Crippen LogP contribution in [-0.4, -0.2) is 89.7 Å². The Hall–Kier alpha value is -3.66. The highest BCUT2D eigenvalue weighted by Crippen LogP contribution is 2.10. The van der Waals surface area contributed by atoms with E-state index >= 15 is 0 Å². The van der Waals surface area contributed by atoms with Gasteiger partial charge in [-0.25, -0.2) is 4.79 Å². The SMILES string of the molecule is CCC(C)C(NC(=O)C(CO)NC(=O)C(N)CCCN=C(N)N)C(=O)NC(CCCN=C(N)N)C(=O)O. The van der Waals surface area contributed by atoms with Crippen LogP contribution in [0.5, 0.6) is 0 Å². The molecule has 0 aliphatic heterocycles. The number of amides is 3. The van der Waals surface area contributed by atoms with E-state index in [-0.39, 0.29) is 37.9 Å². The molecule has 15 N–H and O–H groups in total. The molecule has 0 aromatic heterocycles. The predicted molar refractivity (Wildman–Crippen MR) is 138 cm³/mol. The van der Waals surface area contributed by atoms with Crippen molar-refractivity contribution in [3.8, 4) is 0 Å². The van der Waals surface area contributed by atoms with E-state index in [9.17, 15) is 29.4 Å². The maximum absolute atomic E-state index is 12.9. The van der Waals surface area contributed by atoms with Crippen molar-refractivity contribution in [2.24, 2.45) is 44.6 Å². The average Bonchev–Trinajstić information content (AvgIpc) is 2.83. The number of carbonyl (C=O) groups is 4. The van der Waals surface area contributed by atoms with Crippen LogP contribution >= 0.6 is 0 Å². The number of carbonyl (C=O) groups excluding carboxylic acids is 3. The number of rotatable bonds is 18. The minimum absolute atomic E-state index is 0.0510. The van der Waals surface area contributed by atoms with Gasteiger partial charge in [0.25, 0.3) is 0 Å². The van der Waals surface area contributed by atoms with Crippen molar-refractivity contribution in [2.75, 3.05) is 19.7 Å². The van der Waals surface area contributed by atoms with Crippen LogP contribution in [-0.2, 0) is 19.2 Å². The highest BCUT2D eigenvalue weighted by Gasteiger charge is 2.32. The largest absolute Gasteiger partial charge is 0.480 e. The summed E-state index contributed by atoms with van der Waals surface area (Å²) in [5.41, 5.74) is 26.8. The Balaban J connectivity index is 5.20. The lowest BCUT2D eigenvalue weighted by Crippen LogP contribution is -2.59. The van der Waals surface area contributed by atoms with Gasteiger partial charge >= 0.3 is 5.97 Å². The minimum atomic E-state index is -1.38. The summed E-state index contributed by atoms with van der Waals surface area (Å²) in [5, 5.41) is 26.4. The Labute approximate surface area is 215 Å². The molecule has 16 nitrogen and oxygen atoms in total. The first kappa shape index (κ1) is 33.3. The molecule has 16 heteroatoms. The van der Waals surface area contributed by atoms with Gasteiger partial charge in [0.2, 0.25) is 17.7 Å². The second kappa shape index (κ2) is 17.7. The first-order valence-corrected chi connectivity index (χ1v) is 11.9. The second-order valence-electron chi connectivity index (χ2n) is 8.52. The summed E-state index contributed by atoms with van der Waals surface area (Å²) in [7, 11) is 0. The number of nitrogens with two attached hydrogens (primary N) is 5. The van der Waals surface area contributed by atoms with Gasteiger partial charge in [-0.05, 0) is 31.6 Å². The predicted octanol–water partition coefficient (Wildman–Crippen LogP) is -4.00. The number of aliphatic hydroxyl groups is 1. The van der Waals surface area contributed by atoms with Gasteiger partial charge in [-0.3, -0.25) is 24.4 Å². The molecular formula is C21H42N10O6. The van der Waals surface area contributed by atoms with Crippen LogP contribution in [0.3, 0.4) is 0 Å². The molecule has 5 atom stereocenters. The highest BCUT2D eigenvalue weighted by molar-refractivity contribution is 5.94. The third kappa shape index (κ3) is 13.9. The molecule has 0 saturated carbocycles. The van der Waals surface area contributed by atoms with Crippen LogP contribution < -0.4 is 44.6 Å². The van der Waals surface area contributed by atoms with Crippen LogP contribution in [0.2, 0.25) is 0 Å². The van der Waals surface area contributed by atoms with Crippen molar-refractivity contribution in [1.29, 1.82) is 0 Å². The van der Waals surface area contributed by atoms with Gasteiger partial charge in [-0.15, -0.1) is 0 Å². The van der Waals surface area contributed by atoms with Crippen molar-refractivity contribution in [2.45, 2.75) is 70.1 Å². The maximum Gasteiger partial charge on any atom is 0.326 e. The molecule has 5 unspecified atom stereocenters. The Morgan fingerprint density at radius 1 is 0.811 bits per heavy atom. The van der Waals surface area contributed by atoms with E-state index < -0.39 is 60.4 Å². The van der Waals surface area contributed by atoms with Gasteiger partial charge in [0, 0.05) is 13.1 Å². The third-order valence-corrected chi connectivity index (χ3v) is 5.47. The number of carboxylic acids is 1. The van der Waals surface area contributed by atoms with Crippen LogP contribution in [0.4, 0.5) is 0 Å². The van der Waals surface area contributed by atoms with E-state index in [1.54, 1.807) is 13.8 Å². The molecule has 0 spiro atoms. The summed E-state index contributed by atoms with van der Waals surface area (Å²) < 4.78 is 0. The average molecular weight is 531 g/mol. The summed E-state index contributed by atoms with van der Waals surface area (Å²) in [6.07, 6.45) is 1.45. The van der Waals surface area contributed by atoms with Gasteiger partial charge < -0.3 is 54.8 Å². The number of aliphatic hydroxyl groups excluding tert-OH is 1. The monoisotopic (exact) mass is 530 g/mol. The first-order chi connectivity index (χ1) is 17.3. The molecule has 0 aliphatic rings. The lowest BCUT2D eigenvalue weighted by atomic mass is 9.97. The summed E-state index contributed by atoms with van der Waals surface area (Å²) in [5.74, 6) is -4.12. The quantitative estimate of drug-likeness (QED) is 0.0462. The molecule has 0 aliphatic carbocycles. The smallest absolute Gasteiger partial charge is 0.326 e. The number of carboxylic acid groups (broad SMARTS) is 1. The standard InChI is InChI=1S/C21H42N10O6/c1-3-11(2)15(18(35)29-13(19(36)37)7-5-9-28-21(25)26)31-17(34)14(10-32)30-16(33)12(22)6-4-8-27-20(23)24/h11-15,32H,3-10,22H2,1-2H3,(H,29,35)(H,30,33)(H,31,34)(H,36,37)(H4,23,24,27)(H4,25,26,28). The number of aliphatic imine (C=N–C) groups is 2. The van der Waals surface area contributed by atoms with Crippen LogP contribution in [0.1, 0.15) is 46.0 Å². The number of aliphatic carboxylic acids is 1. The van der Waals surface area contributed by atoms with E-state index in [1.165, 1.54) is 0 Å². The molecule has 0 heterocycles. The number of nitrogens with one attached hydrogen (secondary N) is 3. The fourth-order valence-electron chi connectivity index (χ4n) is 3.10. The first-order valence-electron chi connectivity index (χ1n) is 11.9. The fraction of sp³-hybridized carbons (Fsp3) is 0.714. The lowest BCUT2D eigenvalue weighted by molar-refractivity contribution is -0.143. The lowest BCUT2D eigenvalue weighted by Gasteiger charge is -2.27. The summed E-state index contributed by atoms with van der Waals surface area (Å²) in [6, 6.07) is -4.74. The summed E-state index contributed by atoms with van der Waals surface area (Å²) in [6.45, 7) is 3.17. The molecule has 0 aromatic rings. The molecule has 0 radical (unpaired) electrons. The molecule has 3 amide bonds. The van der Waals surface area contributed by atoms with E-state index in [0.717, 1.165) is 0 Å². The zero-order valence-corrected chi connectivity index (χ0v) is 21.4. The maximum atomic E-state index is 12.9. The summed E-state index contributed by atoms with van der Waals surface area (Å²) >= 11 is 0. The Kier molecular flexibility index (Phi) is 16.0. The molecular weight excluding hydrogens is 488 g/mol. The molecule has 0 saturated heterocycles. The number of hydrogen-bond acceptors (Lipinski definition) is 8. The molecule has 0 fully saturated rings. The molecule has 212 valence electrons. The Bertz CT molecular complexity index is 814. The topological polar surface area (TPSA) is 300 Å². The fourth-order valence-corrected chi connectivity index (χ4v) is 3.10. The molecule has 0 aromatic carbocycles. The Morgan fingerprint density at radius 3 is 1.78 bits per heavy atom. The van der Waals surface area contributed by atoms with Crippen molar-refractivity contribution < 1.29 is 29.4 Å². The second-order valence-corrected chi connectivity index (χ2v) is 8.52. The van der Waals surface area contributed by atoms with E-state index in [0.29, 0.717) is 19.3 Å². The van der Waals surface area contributed by atoms with Crippen molar-refractivity contribution in [3.05, 3.63) is 0 Å². The van der Waals surface area contributed by atoms with Gasteiger partial charge in [-0.1, -0.05) is 20.3 Å². The highest BCUT2D eigenvalue weighted by atomic mass is 16.4. The summed E-state index contributed by atoms with van der Waals surface area (Å²) in [4.78, 5) is 57.2. The van der Waals surface area contributed by atoms with Gasteiger partial charge in [-0.2, -0.15) is 0 Å². The van der Waals surface area contributed by atoms with Crippen molar-refractivity contribution in [3.63, 3.8) is 0 Å². The van der Waals surface area contributed by atoms with Crippen molar-refractivity contribution >= 4 is 35.6 Å². The number of nitrogens with zero attached hydrogens (tertiary/aromatic N) is 2. The Morgan fingerprint density at radius 2 is 1.32 bits per heavy atom. The minimum Gasteiger partial charge on any atom is -0.480 e. The van der Waals surface area contributed by atoms with E-state index in [2.05, 4.69) is 25.9 Å². The molecule has 0 bridgehead atoms. The van der Waals surface area contributed by atoms with Crippen LogP contribution in [0.25, 0.3) is 0 Å². The van der Waals surface area contributed by atoms with E-state index in [4.69, 9.17) is 28.7 Å². The normalized spacial score (nSPS) is 14.7. The zero-order chi connectivity index (χ0) is 28.5. The van der Waals surface area contributed by atoms with Gasteiger partial charge in [0.1, 0.15) is 18.1 Å². The van der Waals surface area contributed by atoms with Crippen molar-refractivity contribution in [1.82, 2.24) is 16.0 Å².